The molecule has 7 heteroatoms. The van der Waals surface area contributed by atoms with Crippen molar-refractivity contribution in [2.75, 3.05) is 26.3 Å². The monoisotopic (exact) mass is 403 g/mol. The van der Waals surface area contributed by atoms with Gasteiger partial charge in [-0.2, -0.15) is 4.31 Å². The molecule has 2 aromatic carbocycles. The average Bonchev–Trinajstić information content (AvgIpc) is 2.72. The molecule has 0 aromatic heterocycles. The SMILES string of the molecule is Cc1ccc(S(=O)(=O)N2CCCCC2)cc1C(=O)OCCOc1ccccc1. The molecule has 0 unspecified atom stereocenters. The molecule has 28 heavy (non-hydrogen) atoms. The van der Waals surface area contributed by atoms with E-state index >= 15 is 0 Å². The number of sulfonamides is 1. The number of nitrogens with zero attached hydrogens (tertiary/aromatic N) is 1. The number of ether oxygens (including phenoxy) is 2. The summed E-state index contributed by atoms with van der Waals surface area (Å²) in [5.74, 6) is 0.147. The van der Waals surface area contributed by atoms with Gasteiger partial charge in [0, 0.05) is 13.1 Å². The van der Waals surface area contributed by atoms with Crippen molar-refractivity contribution >= 4 is 16.0 Å². The van der Waals surface area contributed by atoms with Crippen molar-refractivity contribution in [2.45, 2.75) is 31.1 Å². The summed E-state index contributed by atoms with van der Waals surface area (Å²) in [6, 6.07) is 13.9. The Balaban J connectivity index is 1.64. The number of aryl methyl sites for hydroxylation is 1. The molecule has 0 aliphatic carbocycles. The van der Waals surface area contributed by atoms with Gasteiger partial charge >= 0.3 is 5.97 Å². The summed E-state index contributed by atoms with van der Waals surface area (Å²) < 4.78 is 38.0. The first-order valence-corrected chi connectivity index (χ1v) is 10.9. The standard InChI is InChI=1S/C21H25NO5S/c1-17-10-11-19(28(24,25)22-12-6-3-7-13-22)16-20(17)21(23)27-15-14-26-18-8-4-2-5-9-18/h2,4-5,8-11,16H,3,6-7,12-15H2,1H3. The largest absolute Gasteiger partial charge is 0.490 e. The highest BCUT2D eigenvalue weighted by molar-refractivity contribution is 7.89. The van der Waals surface area contributed by atoms with E-state index in [2.05, 4.69) is 0 Å². The summed E-state index contributed by atoms with van der Waals surface area (Å²) in [5, 5.41) is 0. The predicted octanol–water partition coefficient (Wildman–Crippen LogP) is 3.41. The molecule has 1 aliphatic rings. The molecule has 1 saturated heterocycles. The number of hydrogen-bond donors (Lipinski definition) is 0. The van der Waals surface area contributed by atoms with Crippen molar-refractivity contribution in [3.05, 3.63) is 59.7 Å². The lowest BCUT2D eigenvalue weighted by atomic mass is 10.1. The number of esters is 1. The molecule has 0 amide bonds. The van der Waals surface area contributed by atoms with Crippen molar-refractivity contribution in [2.24, 2.45) is 0 Å². The molecule has 0 atom stereocenters. The van der Waals surface area contributed by atoms with Crippen LogP contribution in [0.25, 0.3) is 0 Å². The van der Waals surface area contributed by atoms with E-state index in [0.717, 1.165) is 19.3 Å². The van der Waals surface area contributed by atoms with Crippen LogP contribution in [0.4, 0.5) is 0 Å². The lowest BCUT2D eigenvalue weighted by Gasteiger charge is -2.26. The number of piperidine rings is 1. The number of benzene rings is 2. The number of carbonyl (C=O) groups excluding carboxylic acids is 1. The third-order valence-corrected chi connectivity index (χ3v) is 6.60. The first kappa shape index (κ1) is 20.4. The topological polar surface area (TPSA) is 72.9 Å². The predicted molar refractivity (Wildman–Crippen MR) is 106 cm³/mol. The van der Waals surface area contributed by atoms with Gasteiger partial charge in [-0.25, -0.2) is 13.2 Å². The molecular formula is C21H25NO5S. The maximum Gasteiger partial charge on any atom is 0.338 e. The van der Waals surface area contributed by atoms with Gasteiger partial charge in [0.05, 0.1) is 10.5 Å². The fourth-order valence-electron chi connectivity index (χ4n) is 3.12. The molecule has 1 heterocycles. The summed E-state index contributed by atoms with van der Waals surface area (Å²) in [7, 11) is -3.60. The van der Waals surface area contributed by atoms with Crippen molar-refractivity contribution in [1.82, 2.24) is 4.31 Å². The molecule has 1 aliphatic heterocycles. The number of hydrogen-bond acceptors (Lipinski definition) is 5. The molecule has 0 N–H and O–H groups in total. The minimum Gasteiger partial charge on any atom is -0.490 e. The summed E-state index contributed by atoms with van der Waals surface area (Å²) in [4.78, 5) is 12.6. The Morgan fingerprint density at radius 1 is 1.00 bits per heavy atom. The highest BCUT2D eigenvalue weighted by Gasteiger charge is 2.27. The van der Waals surface area contributed by atoms with Crippen LogP contribution < -0.4 is 4.74 Å². The normalized spacial score (nSPS) is 15.2. The van der Waals surface area contributed by atoms with Gasteiger partial charge in [0.1, 0.15) is 19.0 Å². The zero-order chi connectivity index (χ0) is 20.0. The molecule has 0 radical (unpaired) electrons. The second-order valence-corrected chi connectivity index (χ2v) is 8.68. The van der Waals surface area contributed by atoms with E-state index in [1.54, 1.807) is 19.1 Å². The molecule has 1 fully saturated rings. The fourth-order valence-corrected chi connectivity index (χ4v) is 4.67. The van der Waals surface area contributed by atoms with Crippen LogP contribution in [0.1, 0.15) is 35.2 Å². The van der Waals surface area contributed by atoms with E-state index in [-0.39, 0.29) is 23.7 Å². The van der Waals surface area contributed by atoms with E-state index in [0.29, 0.717) is 24.4 Å². The molecule has 2 aromatic rings. The summed E-state index contributed by atoms with van der Waals surface area (Å²) >= 11 is 0. The summed E-state index contributed by atoms with van der Waals surface area (Å²) in [6.45, 7) is 3.10. The summed E-state index contributed by atoms with van der Waals surface area (Å²) in [5.41, 5.74) is 0.935. The van der Waals surface area contributed by atoms with Crippen LogP contribution in [-0.4, -0.2) is 45.0 Å². The molecule has 0 bridgehead atoms. The lowest BCUT2D eigenvalue weighted by molar-refractivity contribution is 0.0449. The Morgan fingerprint density at radius 3 is 2.43 bits per heavy atom. The first-order chi connectivity index (χ1) is 13.5. The fraction of sp³-hybridized carbons (Fsp3) is 0.381. The van der Waals surface area contributed by atoms with E-state index in [1.807, 2.05) is 30.3 Å². The van der Waals surface area contributed by atoms with Gasteiger partial charge in [0.25, 0.3) is 0 Å². The van der Waals surface area contributed by atoms with Crippen molar-refractivity contribution in [3.8, 4) is 5.75 Å². The zero-order valence-electron chi connectivity index (χ0n) is 16.0. The van der Waals surface area contributed by atoms with Crippen LogP contribution in [-0.2, 0) is 14.8 Å². The Morgan fingerprint density at radius 2 is 1.71 bits per heavy atom. The maximum atomic E-state index is 12.8. The Hall–Kier alpha value is -2.38. The summed E-state index contributed by atoms with van der Waals surface area (Å²) in [6.07, 6.45) is 2.77. The number of para-hydroxylation sites is 1. The van der Waals surface area contributed by atoms with Gasteiger partial charge in [-0.1, -0.05) is 30.7 Å². The first-order valence-electron chi connectivity index (χ1n) is 9.44. The molecule has 0 spiro atoms. The molecule has 0 saturated carbocycles. The highest BCUT2D eigenvalue weighted by Crippen LogP contribution is 2.23. The van der Waals surface area contributed by atoms with Crippen LogP contribution in [0, 0.1) is 6.92 Å². The smallest absolute Gasteiger partial charge is 0.338 e. The van der Waals surface area contributed by atoms with Gasteiger partial charge in [0.2, 0.25) is 10.0 Å². The average molecular weight is 404 g/mol. The Bertz CT molecular complexity index is 906. The van der Waals surface area contributed by atoms with Gasteiger partial charge in [-0.15, -0.1) is 0 Å². The third-order valence-electron chi connectivity index (χ3n) is 4.71. The number of carbonyl (C=O) groups is 1. The lowest BCUT2D eigenvalue weighted by Crippen LogP contribution is -2.35. The maximum absolute atomic E-state index is 12.8. The van der Waals surface area contributed by atoms with E-state index in [4.69, 9.17) is 9.47 Å². The second-order valence-electron chi connectivity index (χ2n) is 6.74. The molecular weight excluding hydrogens is 378 g/mol. The third kappa shape index (κ3) is 4.91. The van der Waals surface area contributed by atoms with E-state index < -0.39 is 16.0 Å². The minimum atomic E-state index is -3.60. The van der Waals surface area contributed by atoms with Crippen LogP contribution in [0.2, 0.25) is 0 Å². The molecule has 150 valence electrons. The highest BCUT2D eigenvalue weighted by atomic mass is 32.2. The van der Waals surface area contributed by atoms with Crippen LogP contribution in [0.5, 0.6) is 5.75 Å². The Labute approximate surface area is 166 Å². The molecule has 3 rings (SSSR count). The zero-order valence-corrected chi connectivity index (χ0v) is 16.8. The Kier molecular flexibility index (Phi) is 6.70. The van der Waals surface area contributed by atoms with Gasteiger partial charge in [-0.3, -0.25) is 0 Å². The van der Waals surface area contributed by atoms with Crippen molar-refractivity contribution < 1.29 is 22.7 Å². The van der Waals surface area contributed by atoms with Crippen LogP contribution in [0.3, 0.4) is 0 Å². The van der Waals surface area contributed by atoms with E-state index in [9.17, 15) is 13.2 Å². The van der Waals surface area contributed by atoms with Gasteiger partial charge < -0.3 is 9.47 Å². The van der Waals surface area contributed by atoms with E-state index in [1.165, 1.54) is 10.4 Å². The second kappa shape index (κ2) is 9.21. The molecule has 6 nitrogen and oxygen atoms in total. The van der Waals surface area contributed by atoms with Crippen LogP contribution in [0.15, 0.2) is 53.4 Å². The quantitative estimate of drug-likeness (QED) is 0.523. The minimum absolute atomic E-state index is 0.0796. The van der Waals surface area contributed by atoms with Gasteiger partial charge in [-0.05, 0) is 49.6 Å². The van der Waals surface area contributed by atoms with Crippen molar-refractivity contribution in [1.29, 1.82) is 0 Å². The van der Waals surface area contributed by atoms with Crippen LogP contribution >= 0.6 is 0 Å². The number of rotatable bonds is 7. The van der Waals surface area contributed by atoms with Crippen molar-refractivity contribution in [3.63, 3.8) is 0 Å². The van der Waals surface area contributed by atoms with Gasteiger partial charge in [0.15, 0.2) is 0 Å².